The molecule has 0 spiro atoms. The highest BCUT2D eigenvalue weighted by Crippen LogP contribution is 2.35. The van der Waals surface area contributed by atoms with Crippen molar-refractivity contribution < 1.29 is 14.3 Å². The zero-order valence-corrected chi connectivity index (χ0v) is 20.2. The van der Waals surface area contributed by atoms with Gasteiger partial charge < -0.3 is 14.6 Å². The summed E-state index contributed by atoms with van der Waals surface area (Å²) in [6, 6.07) is 15.9. The summed E-state index contributed by atoms with van der Waals surface area (Å²) in [4.78, 5) is 30.1. The van der Waals surface area contributed by atoms with Crippen molar-refractivity contribution in [2.24, 2.45) is 0 Å². The van der Waals surface area contributed by atoms with E-state index in [0.717, 1.165) is 46.3 Å². The number of nitrogens with one attached hydrogen (secondary N) is 2. The number of pyridine rings is 1. The number of aryl methyl sites for hydroxylation is 1. The molecule has 0 radical (unpaired) electrons. The minimum Gasteiger partial charge on any atom is -0.488 e. The molecule has 3 heterocycles. The Morgan fingerprint density at radius 3 is 2.83 bits per heavy atom. The van der Waals surface area contributed by atoms with Gasteiger partial charge in [-0.2, -0.15) is 0 Å². The number of rotatable bonds is 6. The molecular weight excluding hydrogens is 442 g/mol. The van der Waals surface area contributed by atoms with Crippen LogP contribution in [0.1, 0.15) is 60.6 Å². The van der Waals surface area contributed by atoms with Crippen LogP contribution in [0, 0.1) is 0 Å². The van der Waals surface area contributed by atoms with Crippen LogP contribution in [0.4, 0.5) is 0 Å². The average molecular weight is 472 g/mol. The van der Waals surface area contributed by atoms with Crippen molar-refractivity contribution in [1.82, 2.24) is 15.2 Å². The van der Waals surface area contributed by atoms with E-state index in [2.05, 4.69) is 35.1 Å². The maximum atomic E-state index is 13.1. The second-order valence-corrected chi connectivity index (χ2v) is 9.71. The van der Waals surface area contributed by atoms with Crippen molar-refractivity contribution in [3.63, 3.8) is 0 Å². The summed E-state index contributed by atoms with van der Waals surface area (Å²) in [6.07, 6.45) is 4.16. The van der Waals surface area contributed by atoms with E-state index in [-0.39, 0.29) is 23.6 Å². The number of para-hydroxylation sites is 1. The fraction of sp³-hybridized carbons (Fsp3) is 0.321. The van der Waals surface area contributed by atoms with Gasteiger partial charge in [-0.15, -0.1) is 0 Å². The molecule has 1 atom stereocenters. The number of hydrogen-bond acceptors (Lipinski definition) is 5. The van der Waals surface area contributed by atoms with E-state index >= 15 is 0 Å². The number of benzene rings is 2. The summed E-state index contributed by atoms with van der Waals surface area (Å²) in [5, 5.41) is 6.76. The first kappa shape index (κ1) is 22.9. The first-order valence-corrected chi connectivity index (χ1v) is 11.9. The zero-order valence-electron chi connectivity index (χ0n) is 20.2. The molecule has 35 heavy (non-hydrogen) atoms. The molecule has 2 aromatic heterocycles. The Balaban J connectivity index is 1.55. The molecule has 0 fully saturated rings. The average Bonchev–Trinajstić information content (AvgIpc) is 3.21. The number of fused-ring (bicyclic) bond motifs is 2. The Hall–Kier alpha value is -3.87. The summed E-state index contributed by atoms with van der Waals surface area (Å²) < 4.78 is 11.1. The Bertz CT molecular complexity index is 1440. The lowest BCUT2D eigenvalue weighted by atomic mass is 9.85. The molecule has 2 aromatic carbocycles. The number of ether oxygens (including phenoxy) is 2. The Kier molecular flexibility index (Phi) is 5.93. The van der Waals surface area contributed by atoms with Gasteiger partial charge in [0.25, 0.3) is 5.56 Å². The highest BCUT2D eigenvalue weighted by molar-refractivity contribution is 5.83. The number of carbonyl (C=O) groups is 1. The third-order valence-electron chi connectivity index (χ3n) is 6.77. The number of aromatic nitrogens is 3. The smallest absolute Gasteiger partial charge is 0.306 e. The summed E-state index contributed by atoms with van der Waals surface area (Å²) in [7, 11) is 1.36. The first-order valence-electron chi connectivity index (χ1n) is 11.9. The molecule has 0 amide bonds. The molecular formula is C28H29N3O4. The molecule has 1 aliphatic heterocycles. The largest absolute Gasteiger partial charge is 0.488 e. The van der Waals surface area contributed by atoms with E-state index in [0.29, 0.717) is 12.0 Å². The van der Waals surface area contributed by atoms with E-state index in [4.69, 9.17) is 9.47 Å². The molecule has 0 unspecified atom stereocenters. The lowest BCUT2D eigenvalue weighted by Gasteiger charge is -2.32. The van der Waals surface area contributed by atoms with Crippen LogP contribution in [0.15, 0.2) is 59.5 Å². The fourth-order valence-electron chi connectivity index (χ4n) is 4.96. The van der Waals surface area contributed by atoms with Crippen LogP contribution in [0.5, 0.6) is 5.75 Å². The fourth-order valence-corrected chi connectivity index (χ4v) is 4.96. The van der Waals surface area contributed by atoms with Gasteiger partial charge in [0.05, 0.1) is 19.0 Å². The van der Waals surface area contributed by atoms with Crippen molar-refractivity contribution >= 4 is 16.9 Å². The predicted molar refractivity (Wildman–Crippen MR) is 134 cm³/mol. The van der Waals surface area contributed by atoms with Crippen LogP contribution >= 0.6 is 0 Å². The predicted octanol–water partition coefficient (Wildman–Crippen LogP) is 4.64. The van der Waals surface area contributed by atoms with Gasteiger partial charge in [-0.25, -0.2) is 0 Å². The molecule has 1 aliphatic rings. The van der Waals surface area contributed by atoms with E-state index < -0.39 is 5.92 Å². The van der Waals surface area contributed by atoms with Crippen LogP contribution < -0.4 is 10.3 Å². The van der Waals surface area contributed by atoms with Crippen LogP contribution in [0.3, 0.4) is 0 Å². The minimum atomic E-state index is -0.507. The number of hydrogen-bond donors (Lipinski definition) is 2. The molecule has 0 saturated carbocycles. The van der Waals surface area contributed by atoms with Crippen LogP contribution in [-0.4, -0.2) is 33.9 Å². The molecule has 5 rings (SSSR count). The molecule has 7 nitrogen and oxygen atoms in total. The second kappa shape index (κ2) is 9.06. The van der Waals surface area contributed by atoms with Gasteiger partial charge in [0, 0.05) is 35.2 Å². The number of esters is 1. The normalized spacial score (nSPS) is 15.3. The van der Waals surface area contributed by atoms with Gasteiger partial charge in [-0.1, -0.05) is 36.4 Å². The maximum Gasteiger partial charge on any atom is 0.306 e. The van der Waals surface area contributed by atoms with Crippen molar-refractivity contribution in [1.29, 1.82) is 0 Å². The molecule has 180 valence electrons. The quantitative estimate of drug-likeness (QED) is 0.399. The van der Waals surface area contributed by atoms with E-state index in [1.54, 1.807) is 6.20 Å². The van der Waals surface area contributed by atoms with Crippen molar-refractivity contribution in [2.75, 3.05) is 7.11 Å². The number of aromatic amines is 2. The van der Waals surface area contributed by atoms with Gasteiger partial charge in [-0.3, -0.25) is 19.7 Å². The van der Waals surface area contributed by atoms with Gasteiger partial charge in [0.15, 0.2) is 0 Å². The maximum absolute atomic E-state index is 13.1. The van der Waals surface area contributed by atoms with Crippen LogP contribution in [0.2, 0.25) is 0 Å². The molecule has 7 heteroatoms. The van der Waals surface area contributed by atoms with Gasteiger partial charge in [0.1, 0.15) is 11.4 Å². The van der Waals surface area contributed by atoms with Gasteiger partial charge in [0.2, 0.25) is 0 Å². The minimum absolute atomic E-state index is 0.0350. The van der Waals surface area contributed by atoms with Crippen molar-refractivity contribution in [2.45, 2.75) is 51.0 Å². The van der Waals surface area contributed by atoms with E-state index in [1.807, 2.05) is 42.5 Å². The third-order valence-corrected chi connectivity index (χ3v) is 6.77. The topological polar surface area (TPSA) is 97.1 Å². The molecule has 0 bridgehead atoms. The van der Waals surface area contributed by atoms with E-state index in [9.17, 15) is 9.59 Å². The van der Waals surface area contributed by atoms with E-state index in [1.165, 1.54) is 12.7 Å². The lowest BCUT2D eigenvalue weighted by molar-refractivity contribution is -0.140. The molecule has 2 N–H and O–H groups in total. The summed E-state index contributed by atoms with van der Waals surface area (Å²) in [5.41, 5.74) is 4.69. The standard InChI is InChI=1S/C28H29N3O4/c1-28(2)12-11-19-14-17(9-10-23(19)35-28)15-22-25(27(33)31-30-22)21(16-24(32)34-3)20-8-4-6-18-7-5-13-29-26(18)20/h4-10,13-14,21H,11-12,15-16H2,1-3H3,(H2,30,31,33)/t21-/m1/s1. The highest BCUT2D eigenvalue weighted by Gasteiger charge is 2.29. The first-order chi connectivity index (χ1) is 16.8. The second-order valence-electron chi connectivity index (χ2n) is 9.71. The summed E-state index contributed by atoms with van der Waals surface area (Å²) in [6.45, 7) is 4.20. The Labute approximate surface area is 203 Å². The molecule has 0 saturated heterocycles. The summed E-state index contributed by atoms with van der Waals surface area (Å²) in [5.74, 6) is 0.0222. The van der Waals surface area contributed by atoms with Gasteiger partial charge in [-0.05, 0) is 55.5 Å². The van der Waals surface area contributed by atoms with Crippen LogP contribution in [0.25, 0.3) is 10.9 Å². The number of methoxy groups -OCH3 is 1. The van der Waals surface area contributed by atoms with Gasteiger partial charge >= 0.3 is 5.97 Å². The zero-order chi connectivity index (χ0) is 24.6. The third kappa shape index (κ3) is 4.58. The Morgan fingerprint density at radius 2 is 2.00 bits per heavy atom. The number of carbonyl (C=O) groups excluding carboxylic acids is 1. The number of H-pyrrole nitrogens is 2. The molecule has 0 aliphatic carbocycles. The molecule has 4 aromatic rings. The highest BCUT2D eigenvalue weighted by atomic mass is 16.5. The van der Waals surface area contributed by atoms with Crippen molar-refractivity contribution in [3.8, 4) is 5.75 Å². The Morgan fingerprint density at radius 1 is 1.17 bits per heavy atom. The lowest BCUT2D eigenvalue weighted by Crippen LogP contribution is -2.32. The summed E-state index contributed by atoms with van der Waals surface area (Å²) >= 11 is 0. The SMILES string of the molecule is COC(=O)C[C@@H](c1c(Cc2ccc3c(c2)CCC(C)(C)O3)[nH][nH]c1=O)c1cccc2cccnc12. The van der Waals surface area contributed by atoms with Crippen molar-refractivity contribution in [3.05, 3.63) is 93.0 Å². The van der Waals surface area contributed by atoms with Crippen LogP contribution in [-0.2, 0) is 22.4 Å². The number of nitrogens with zero attached hydrogens (tertiary/aromatic N) is 1. The monoisotopic (exact) mass is 471 g/mol.